The summed E-state index contributed by atoms with van der Waals surface area (Å²) in [5.41, 5.74) is 6.33. The van der Waals surface area contributed by atoms with Crippen LogP contribution in [0.15, 0.2) is 24.4 Å². The van der Waals surface area contributed by atoms with Gasteiger partial charge >= 0.3 is 0 Å². The van der Waals surface area contributed by atoms with Crippen molar-refractivity contribution in [2.24, 2.45) is 5.73 Å². The lowest BCUT2D eigenvalue weighted by atomic mass is 10.3. The van der Waals surface area contributed by atoms with Crippen LogP contribution in [-0.4, -0.2) is 9.97 Å². The molecular weight excluding hydrogens is 261 g/mol. The second kappa shape index (κ2) is 5.40. The SMILES string of the molecule is NCc1cnc(COc2ccc(Cl)cc2Cl)[nH]1. The number of hydrogen-bond acceptors (Lipinski definition) is 3. The number of benzene rings is 1. The molecule has 6 heteroatoms. The van der Waals surface area contributed by atoms with Gasteiger partial charge in [-0.05, 0) is 18.2 Å². The second-order valence-corrected chi connectivity index (χ2v) is 4.27. The molecule has 1 aromatic carbocycles. The minimum absolute atomic E-state index is 0.307. The molecular formula is C11H11Cl2N3O. The summed E-state index contributed by atoms with van der Waals surface area (Å²) in [5, 5.41) is 1.05. The summed E-state index contributed by atoms with van der Waals surface area (Å²) in [5.74, 6) is 1.28. The first-order chi connectivity index (χ1) is 8.19. The maximum atomic E-state index is 5.97. The first-order valence-electron chi connectivity index (χ1n) is 4.99. The van der Waals surface area contributed by atoms with Crippen LogP contribution in [0.3, 0.4) is 0 Å². The van der Waals surface area contributed by atoms with E-state index in [1.54, 1.807) is 24.4 Å². The Kier molecular flexibility index (Phi) is 3.89. The highest BCUT2D eigenvalue weighted by Crippen LogP contribution is 2.27. The van der Waals surface area contributed by atoms with Crippen LogP contribution in [0.25, 0.3) is 0 Å². The third kappa shape index (κ3) is 3.12. The number of nitrogens with one attached hydrogen (secondary N) is 1. The number of aromatic nitrogens is 2. The van der Waals surface area contributed by atoms with Crippen molar-refractivity contribution in [1.82, 2.24) is 9.97 Å². The molecule has 0 atom stereocenters. The third-order valence-corrected chi connectivity index (χ3v) is 2.69. The van der Waals surface area contributed by atoms with Crippen LogP contribution in [0, 0.1) is 0 Å². The molecule has 0 aliphatic heterocycles. The van der Waals surface area contributed by atoms with Gasteiger partial charge < -0.3 is 15.5 Å². The van der Waals surface area contributed by atoms with Crippen molar-refractivity contribution in [3.05, 3.63) is 46.0 Å². The minimum atomic E-state index is 0.307. The highest BCUT2D eigenvalue weighted by atomic mass is 35.5. The molecule has 0 spiro atoms. The highest BCUT2D eigenvalue weighted by molar-refractivity contribution is 6.35. The van der Waals surface area contributed by atoms with E-state index in [9.17, 15) is 0 Å². The molecule has 90 valence electrons. The van der Waals surface area contributed by atoms with Gasteiger partial charge in [-0.25, -0.2) is 4.98 Å². The quantitative estimate of drug-likeness (QED) is 0.899. The standard InChI is InChI=1S/C11H11Cl2N3O/c12-7-1-2-10(9(13)3-7)17-6-11-15-5-8(4-14)16-11/h1-3,5H,4,6,14H2,(H,15,16). The van der Waals surface area contributed by atoms with E-state index < -0.39 is 0 Å². The summed E-state index contributed by atoms with van der Waals surface area (Å²) in [6.07, 6.45) is 1.68. The molecule has 0 bridgehead atoms. The third-order valence-electron chi connectivity index (χ3n) is 2.16. The zero-order chi connectivity index (χ0) is 12.3. The van der Waals surface area contributed by atoms with Gasteiger partial charge in [0, 0.05) is 23.5 Å². The molecule has 0 saturated heterocycles. The van der Waals surface area contributed by atoms with Gasteiger partial charge in [0.15, 0.2) is 0 Å². The van der Waals surface area contributed by atoms with Crippen molar-refractivity contribution in [2.45, 2.75) is 13.2 Å². The second-order valence-electron chi connectivity index (χ2n) is 3.42. The van der Waals surface area contributed by atoms with Crippen LogP contribution in [0.5, 0.6) is 5.75 Å². The van der Waals surface area contributed by atoms with Gasteiger partial charge in [0.05, 0.1) is 5.02 Å². The number of imidazole rings is 1. The predicted octanol–water partition coefficient (Wildman–Crippen LogP) is 2.75. The molecule has 0 amide bonds. The summed E-state index contributed by atoms with van der Waals surface area (Å²) in [6.45, 7) is 0.732. The number of nitrogens with two attached hydrogens (primary N) is 1. The Morgan fingerprint density at radius 3 is 2.82 bits per heavy atom. The fourth-order valence-electron chi connectivity index (χ4n) is 1.32. The van der Waals surface area contributed by atoms with Gasteiger partial charge in [0.25, 0.3) is 0 Å². The molecule has 1 heterocycles. The van der Waals surface area contributed by atoms with Crippen LogP contribution < -0.4 is 10.5 Å². The molecule has 2 rings (SSSR count). The fraction of sp³-hybridized carbons (Fsp3) is 0.182. The number of nitrogens with zero attached hydrogens (tertiary/aromatic N) is 1. The number of rotatable bonds is 4. The van der Waals surface area contributed by atoms with E-state index in [1.807, 2.05) is 0 Å². The van der Waals surface area contributed by atoms with E-state index >= 15 is 0 Å². The van der Waals surface area contributed by atoms with Crippen molar-refractivity contribution in [3.63, 3.8) is 0 Å². The molecule has 4 nitrogen and oxygen atoms in total. The van der Waals surface area contributed by atoms with Crippen molar-refractivity contribution in [1.29, 1.82) is 0 Å². The number of H-pyrrole nitrogens is 1. The lowest BCUT2D eigenvalue weighted by molar-refractivity contribution is 0.297. The van der Waals surface area contributed by atoms with Crippen LogP contribution in [0.1, 0.15) is 11.5 Å². The van der Waals surface area contributed by atoms with Gasteiger partial charge in [-0.3, -0.25) is 0 Å². The lowest BCUT2D eigenvalue weighted by Crippen LogP contribution is -2.00. The van der Waals surface area contributed by atoms with Gasteiger partial charge in [-0.2, -0.15) is 0 Å². The van der Waals surface area contributed by atoms with E-state index in [4.69, 9.17) is 33.7 Å². The van der Waals surface area contributed by atoms with Crippen LogP contribution in [0.4, 0.5) is 0 Å². The molecule has 0 aliphatic rings. The molecule has 3 N–H and O–H groups in total. The molecule has 0 saturated carbocycles. The molecule has 2 aromatic rings. The largest absolute Gasteiger partial charge is 0.484 e. The summed E-state index contributed by atoms with van der Waals surface area (Å²) in [7, 11) is 0. The highest BCUT2D eigenvalue weighted by Gasteiger charge is 2.04. The Hall–Kier alpha value is -1.23. The molecule has 0 aliphatic carbocycles. The number of hydrogen-bond donors (Lipinski definition) is 2. The normalized spacial score (nSPS) is 10.5. The van der Waals surface area contributed by atoms with Gasteiger partial charge in [0.1, 0.15) is 18.2 Å². The summed E-state index contributed by atoms with van der Waals surface area (Å²) in [6, 6.07) is 5.07. The minimum Gasteiger partial charge on any atom is -0.484 e. The van der Waals surface area contributed by atoms with Crippen LogP contribution in [-0.2, 0) is 13.2 Å². The van der Waals surface area contributed by atoms with E-state index in [0.29, 0.717) is 34.8 Å². The number of halogens is 2. The molecule has 0 fully saturated rings. The zero-order valence-electron chi connectivity index (χ0n) is 8.91. The van der Waals surface area contributed by atoms with Gasteiger partial charge in [-0.1, -0.05) is 23.2 Å². The Morgan fingerprint density at radius 1 is 1.35 bits per heavy atom. The topological polar surface area (TPSA) is 63.9 Å². The van der Waals surface area contributed by atoms with E-state index in [2.05, 4.69) is 9.97 Å². The average Bonchev–Trinajstić information content (AvgIpc) is 2.76. The molecule has 1 aromatic heterocycles. The Balaban J connectivity index is 2.02. The first kappa shape index (κ1) is 12.2. The van der Waals surface area contributed by atoms with Gasteiger partial charge in [0.2, 0.25) is 0 Å². The summed E-state index contributed by atoms with van der Waals surface area (Å²) < 4.78 is 5.51. The van der Waals surface area contributed by atoms with Crippen LogP contribution >= 0.6 is 23.2 Å². The Morgan fingerprint density at radius 2 is 2.18 bits per heavy atom. The first-order valence-corrected chi connectivity index (χ1v) is 5.75. The van der Waals surface area contributed by atoms with Crippen molar-refractivity contribution < 1.29 is 4.74 Å². The molecule has 0 unspecified atom stereocenters. The number of aromatic amines is 1. The van der Waals surface area contributed by atoms with E-state index in [-0.39, 0.29) is 0 Å². The summed E-state index contributed by atoms with van der Waals surface area (Å²) in [4.78, 5) is 7.15. The van der Waals surface area contributed by atoms with Crippen molar-refractivity contribution in [2.75, 3.05) is 0 Å². The maximum Gasteiger partial charge on any atom is 0.146 e. The molecule has 17 heavy (non-hydrogen) atoms. The van der Waals surface area contributed by atoms with Crippen LogP contribution in [0.2, 0.25) is 10.0 Å². The monoisotopic (exact) mass is 271 g/mol. The fourth-order valence-corrected chi connectivity index (χ4v) is 1.78. The maximum absolute atomic E-state index is 5.97. The van der Waals surface area contributed by atoms with E-state index in [1.165, 1.54) is 0 Å². The number of ether oxygens (including phenoxy) is 1. The zero-order valence-corrected chi connectivity index (χ0v) is 10.4. The summed E-state index contributed by atoms with van der Waals surface area (Å²) >= 11 is 11.8. The average molecular weight is 272 g/mol. The Labute approximate surface area is 109 Å². The Bertz CT molecular complexity index is 513. The molecule has 0 radical (unpaired) electrons. The van der Waals surface area contributed by atoms with Crippen molar-refractivity contribution in [3.8, 4) is 5.75 Å². The van der Waals surface area contributed by atoms with Gasteiger partial charge in [-0.15, -0.1) is 0 Å². The predicted molar refractivity (Wildman–Crippen MR) is 67.3 cm³/mol. The smallest absolute Gasteiger partial charge is 0.146 e. The van der Waals surface area contributed by atoms with E-state index in [0.717, 1.165) is 5.69 Å². The van der Waals surface area contributed by atoms with Crippen molar-refractivity contribution >= 4 is 23.2 Å². The lowest BCUT2D eigenvalue weighted by Gasteiger charge is -2.06.